The van der Waals surface area contributed by atoms with Crippen LogP contribution in [-0.2, 0) is 0 Å². The van der Waals surface area contributed by atoms with E-state index in [0.717, 1.165) is 6.07 Å². The zero-order valence-corrected chi connectivity index (χ0v) is 8.36. The Hall–Kier alpha value is -2.68. The number of amides is 1. The predicted octanol–water partition coefficient (Wildman–Crippen LogP) is 0.421. The molecule has 92 valence electrons. The van der Waals surface area contributed by atoms with Gasteiger partial charge in [-0.2, -0.15) is 0 Å². The summed E-state index contributed by atoms with van der Waals surface area (Å²) >= 11 is 0. The van der Waals surface area contributed by atoms with E-state index in [-0.39, 0.29) is 11.3 Å². The lowest BCUT2D eigenvalue weighted by atomic mass is 10.2. The zero-order valence-electron chi connectivity index (χ0n) is 8.36. The van der Waals surface area contributed by atoms with Crippen molar-refractivity contribution in [3.63, 3.8) is 0 Å². The summed E-state index contributed by atoms with van der Waals surface area (Å²) < 4.78 is 0. The van der Waals surface area contributed by atoms with Gasteiger partial charge >= 0.3 is 12.1 Å². The first kappa shape index (κ1) is 14.3. The molecule has 0 radical (unpaired) electrons. The minimum Gasteiger partial charge on any atom is -0.477 e. The summed E-state index contributed by atoms with van der Waals surface area (Å²) in [7, 11) is 0. The first-order chi connectivity index (χ1) is 7.90. The molecule has 9 nitrogen and oxygen atoms in total. The lowest BCUT2D eigenvalue weighted by Crippen LogP contribution is -2.27. The number of nitro benzene ring substituents is 1. The monoisotopic (exact) mass is 243 g/mol. The number of hydrogen-bond acceptors (Lipinski definition) is 5. The van der Waals surface area contributed by atoms with Crippen LogP contribution in [0.4, 0.5) is 10.5 Å². The highest BCUT2D eigenvalue weighted by molar-refractivity contribution is 5.92. The average Bonchev–Trinajstić information content (AvgIpc) is 2.29. The molecule has 0 aromatic heterocycles. The molecule has 5 N–H and O–H groups in total. The number of nitrogens with two attached hydrogens (primary N) is 1. The first-order valence-electron chi connectivity index (χ1n) is 4.06. The highest BCUT2D eigenvalue weighted by atomic mass is 16.6. The Morgan fingerprint density at radius 2 is 1.76 bits per heavy atom. The number of para-hydroxylation sites is 1. The standard InChI is InChI=1S/C7H5NO4.CH4N2O2/c9-7(10)5-3-1-2-4-6(5)8(11)12;2-3-1(4)5/h1-4H,(H,9,10);3H,2H2,(H,4,5). The van der Waals surface area contributed by atoms with Crippen molar-refractivity contribution >= 4 is 17.7 Å². The normalized spacial score (nSPS) is 8.53. The summed E-state index contributed by atoms with van der Waals surface area (Å²) in [5.41, 5.74) is 0.771. The molecule has 0 fully saturated rings. The largest absolute Gasteiger partial charge is 0.477 e. The van der Waals surface area contributed by atoms with Gasteiger partial charge in [-0.15, -0.1) is 0 Å². The molecule has 9 heteroatoms. The quantitative estimate of drug-likeness (QED) is 0.253. The smallest absolute Gasteiger partial charge is 0.418 e. The van der Waals surface area contributed by atoms with Crippen molar-refractivity contribution in [1.29, 1.82) is 0 Å². The minimum absolute atomic E-state index is 0.289. The van der Waals surface area contributed by atoms with Gasteiger partial charge in [0.25, 0.3) is 5.69 Å². The third-order valence-electron chi connectivity index (χ3n) is 1.45. The SMILES string of the molecule is NNC(=O)O.O=C(O)c1ccccc1[N+](=O)[O-]. The number of hydrazine groups is 1. The van der Waals surface area contributed by atoms with Gasteiger partial charge in [0.05, 0.1) is 4.92 Å². The highest BCUT2D eigenvalue weighted by Gasteiger charge is 2.17. The molecule has 1 aromatic rings. The molecule has 0 saturated carbocycles. The molecule has 0 spiro atoms. The van der Waals surface area contributed by atoms with Crippen LogP contribution in [0.1, 0.15) is 10.4 Å². The highest BCUT2D eigenvalue weighted by Crippen LogP contribution is 2.16. The van der Waals surface area contributed by atoms with E-state index in [1.165, 1.54) is 23.6 Å². The van der Waals surface area contributed by atoms with E-state index in [0.29, 0.717) is 0 Å². The molecule has 0 atom stereocenters. The van der Waals surface area contributed by atoms with Crippen molar-refractivity contribution in [3.05, 3.63) is 39.9 Å². The summed E-state index contributed by atoms with van der Waals surface area (Å²) in [6.45, 7) is 0. The molecule has 0 bridgehead atoms. The molecule has 0 aliphatic rings. The van der Waals surface area contributed by atoms with E-state index in [1.807, 2.05) is 0 Å². The molecule has 17 heavy (non-hydrogen) atoms. The third-order valence-corrected chi connectivity index (χ3v) is 1.45. The third kappa shape index (κ3) is 5.09. The van der Waals surface area contributed by atoms with Crippen LogP contribution in [0, 0.1) is 10.1 Å². The van der Waals surface area contributed by atoms with Crippen LogP contribution in [0.2, 0.25) is 0 Å². The summed E-state index contributed by atoms with van der Waals surface area (Å²) in [5, 5.41) is 26.3. The Balaban J connectivity index is 0.000000437. The van der Waals surface area contributed by atoms with Gasteiger partial charge in [-0.25, -0.2) is 15.4 Å². The first-order valence-corrected chi connectivity index (χ1v) is 4.06. The van der Waals surface area contributed by atoms with Gasteiger partial charge in [0.2, 0.25) is 0 Å². The van der Waals surface area contributed by atoms with E-state index < -0.39 is 17.0 Å². The number of nitrogens with one attached hydrogen (secondary N) is 1. The number of carbonyl (C=O) groups is 2. The van der Waals surface area contributed by atoms with Gasteiger partial charge in [-0.1, -0.05) is 12.1 Å². The van der Waals surface area contributed by atoms with Crippen molar-refractivity contribution in [2.75, 3.05) is 0 Å². The van der Waals surface area contributed by atoms with Crippen LogP contribution in [-0.4, -0.2) is 27.2 Å². The summed E-state index contributed by atoms with van der Waals surface area (Å²) in [5.74, 6) is 3.03. The van der Waals surface area contributed by atoms with Gasteiger partial charge in [-0.05, 0) is 6.07 Å². The minimum atomic E-state index is -1.29. The van der Waals surface area contributed by atoms with Crippen LogP contribution < -0.4 is 11.3 Å². The predicted molar refractivity (Wildman–Crippen MR) is 55.4 cm³/mol. The van der Waals surface area contributed by atoms with Crippen molar-refractivity contribution < 1.29 is 24.7 Å². The fraction of sp³-hybridized carbons (Fsp3) is 0. The van der Waals surface area contributed by atoms with Crippen LogP contribution in [0.15, 0.2) is 24.3 Å². The number of carboxylic acids is 1. The topological polar surface area (TPSA) is 156 Å². The van der Waals surface area contributed by atoms with Crippen molar-refractivity contribution in [1.82, 2.24) is 5.43 Å². The number of nitrogens with zero attached hydrogens (tertiary/aromatic N) is 1. The molecule has 0 aliphatic carbocycles. The Morgan fingerprint density at radius 1 is 1.29 bits per heavy atom. The Kier molecular flexibility index (Phi) is 5.68. The van der Waals surface area contributed by atoms with E-state index in [1.54, 1.807) is 0 Å². The second-order valence-electron chi connectivity index (χ2n) is 2.53. The zero-order chi connectivity index (χ0) is 13.4. The van der Waals surface area contributed by atoms with E-state index >= 15 is 0 Å². The van der Waals surface area contributed by atoms with Gasteiger partial charge < -0.3 is 10.2 Å². The maximum Gasteiger partial charge on any atom is 0.418 e. The maximum absolute atomic E-state index is 10.4. The molecule has 1 rings (SSSR count). The van der Waals surface area contributed by atoms with Gasteiger partial charge in [-0.3, -0.25) is 15.5 Å². The Labute approximate surface area is 94.6 Å². The molecular formula is C8H9N3O6. The number of carboxylic acid groups (broad SMARTS) is 2. The Bertz CT molecular complexity index is 400. The molecule has 1 amide bonds. The fourth-order valence-electron chi connectivity index (χ4n) is 0.814. The number of hydrogen-bond donors (Lipinski definition) is 4. The van der Waals surface area contributed by atoms with E-state index in [4.69, 9.17) is 15.0 Å². The van der Waals surface area contributed by atoms with Gasteiger partial charge in [0.1, 0.15) is 5.56 Å². The molecule has 1 aromatic carbocycles. The van der Waals surface area contributed by atoms with Gasteiger partial charge in [0, 0.05) is 6.07 Å². The van der Waals surface area contributed by atoms with Crippen LogP contribution >= 0.6 is 0 Å². The molecule has 0 aliphatic heterocycles. The molecular weight excluding hydrogens is 234 g/mol. The molecule has 0 heterocycles. The second-order valence-corrected chi connectivity index (χ2v) is 2.53. The van der Waals surface area contributed by atoms with Crippen molar-refractivity contribution in [3.8, 4) is 0 Å². The van der Waals surface area contributed by atoms with Crippen LogP contribution in [0.25, 0.3) is 0 Å². The Morgan fingerprint density at radius 3 is 2.06 bits per heavy atom. The van der Waals surface area contributed by atoms with Crippen molar-refractivity contribution in [2.45, 2.75) is 0 Å². The number of benzene rings is 1. The van der Waals surface area contributed by atoms with Crippen molar-refractivity contribution in [2.24, 2.45) is 5.84 Å². The number of nitro groups is 1. The maximum atomic E-state index is 10.4. The summed E-state index contributed by atoms with van der Waals surface area (Å²) in [4.78, 5) is 29.1. The second kappa shape index (κ2) is 6.74. The fourth-order valence-corrected chi connectivity index (χ4v) is 0.814. The molecule has 0 unspecified atom stereocenters. The average molecular weight is 243 g/mol. The van der Waals surface area contributed by atoms with Crippen LogP contribution in [0.3, 0.4) is 0 Å². The summed E-state index contributed by atoms with van der Waals surface area (Å²) in [6, 6.07) is 5.21. The summed E-state index contributed by atoms with van der Waals surface area (Å²) in [6.07, 6.45) is -1.22. The van der Waals surface area contributed by atoms with E-state index in [2.05, 4.69) is 5.84 Å². The van der Waals surface area contributed by atoms with Crippen LogP contribution in [0.5, 0.6) is 0 Å². The number of rotatable bonds is 2. The lowest BCUT2D eigenvalue weighted by Gasteiger charge is -1.94. The molecule has 0 saturated heterocycles. The van der Waals surface area contributed by atoms with E-state index in [9.17, 15) is 14.9 Å². The number of aromatic carboxylic acids is 1. The van der Waals surface area contributed by atoms with Gasteiger partial charge in [0.15, 0.2) is 0 Å². The lowest BCUT2D eigenvalue weighted by molar-refractivity contribution is -0.385.